The van der Waals surface area contributed by atoms with Crippen molar-refractivity contribution in [3.8, 4) is 5.75 Å². The third-order valence-corrected chi connectivity index (χ3v) is 6.33. The predicted octanol–water partition coefficient (Wildman–Crippen LogP) is 4.87. The standard InChI is InChI=1S/C24H26N4O5S/c1-5-12-27-23(30)21(34-24(27)25-17-8-6-16(7-9-17)15(2)3)14-22(29)26-19-11-10-18(28(31)32)13-20(19)33-4/h5-11,13,15,21H,1,12,14H2,2-4H3,(H,26,29). The summed E-state index contributed by atoms with van der Waals surface area (Å²) in [7, 11) is 1.36. The smallest absolute Gasteiger partial charge is 0.273 e. The predicted molar refractivity (Wildman–Crippen MR) is 134 cm³/mol. The molecule has 9 nitrogen and oxygen atoms in total. The van der Waals surface area contributed by atoms with Crippen molar-refractivity contribution < 1.29 is 19.2 Å². The van der Waals surface area contributed by atoms with Crippen molar-refractivity contribution in [3.05, 3.63) is 70.8 Å². The summed E-state index contributed by atoms with van der Waals surface area (Å²) in [4.78, 5) is 42.2. The van der Waals surface area contributed by atoms with E-state index < -0.39 is 16.1 Å². The van der Waals surface area contributed by atoms with Gasteiger partial charge in [-0.3, -0.25) is 24.6 Å². The van der Waals surface area contributed by atoms with Crippen LogP contribution in [0.1, 0.15) is 31.7 Å². The maximum absolute atomic E-state index is 13.0. The molecule has 10 heteroatoms. The Bertz CT molecular complexity index is 1130. The summed E-state index contributed by atoms with van der Waals surface area (Å²) in [6, 6.07) is 11.7. The Labute approximate surface area is 202 Å². The molecule has 1 heterocycles. The van der Waals surface area contributed by atoms with Gasteiger partial charge in [0.05, 0.1) is 29.5 Å². The van der Waals surface area contributed by atoms with Crippen LogP contribution in [0.4, 0.5) is 17.1 Å². The minimum atomic E-state index is -0.655. The van der Waals surface area contributed by atoms with Gasteiger partial charge in [0.25, 0.3) is 5.69 Å². The number of nitro groups is 1. The van der Waals surface area contributed by atoms with Crippen molar-refractivity contribution >= 4 is 45.8 Å². The molecule has 1 aliphatic rings. The molecule has 2 amide bonds. The first-order valence-electron chi connectivity index (χ1n) is 10.6. The molecule has 2 aromatic carbocycles. The Morgan fingerprint density at radius 2 is 2.03 bits per heavy atom. The number of methoxy groups -OCH3 is 1. The van der Waals surface area contributed by atoms with Crippen molar-refractivity contribution in [2.75, 3.05) is 19.0 Å². The van der Waals surface area contributed by atoms with Crippen molar-refractivity contribution in [1.82, 2.24) is 4.90 Å². The zero-order chi connectivity index (χ0) is 24.8. The van der Waals surface area contributed by atoms with Crippen LogP contribution in [-0.4, -0.2) is 45.7 Å². The van der Waals surface area contributed by atoms with Gasteiger partial charge in [0, 0.05) is 19.0 Å². The Morgan fingerprint density at radius 3 is 2.62 bits per heavy atom. The Kier molecular flexibility index (Phi) is 8.06. The topological polar surface area (TPSA) is 114 Å². The lowest BCUT2D eigenvalue weighted by molar-refractivity contribution is -0.384. The molecular formula is C24H26N4O5S. The molecule has 1 atom stereocenters. The highest BCUT2D eigenvalue weighted by Gasteiger charge is 2.38. The fraction of sp³-hybridized carbons (Fsp3) is 0.292. The van der Waals surface area contributed by atoms with Crippen LogP contribution in [0.3, 0.4) is 0 Å². The first kappa shape index (κ1) is 25.0. The number of benzene rings is 2. The Balaban J connectivity index is 1.74. The molecule has 1 fully saturated rings. The summed E-state index contributed by atoms with van der Waals surface area (Å²) in [5, 5.41) is 13.5. The summed E-state index contributed by atoms with van der Waals surface area (Å²) >= 11 is 1.22. The van der Waals surface area contributed by atoms with Gasteiger partial charge in [0.1, 0.15) is 11.0 Å². The number of carbonyl (C=O) groups excluding carboxylic acids is 2. The zero-order valence-corrected chi connectivity index (χ0v) is 20.0. The van der Waals surface area contributed by atoms with Crippen LogP contribution < -0.4 is 10.1 Å². The Hall–Kier alpha value is -3.66. The molecule has 178 valence electrons. The van der Waals surface area contributed by atoms with Gasteiger partial charge in [-0.1, -0.05) is 43.8 Å². The Morgan fingerprint density at radius 1 is 1.32 bits per heavy atom. The van der Waals surface area contributed by atoms with Gasteiger partial charge >= 0.3 is 0 Å². The van der Waals surface area contributed by atoms with Gasteiger partial charge in [-0.05, 0) is 29.7 Å². The number of carbonyl (C=O) groups is 2. The lowest BCUT2D eigenvalue weighted by atomic mass is 10.0. The highest BCUT2D eigenvalue weighted by molar-refractivity contribution is 8.15. The molecule has 1 N–H and O–H groups in total. The van der Waals surface area contributed by atoms with Crippen LogP contribution in [0.25, 0.3) is 0 Å². The number of rotatable bonds is 9. The van der Waals surface area contributed by atoms with Crippen LogP contribution in [-0.2, 0) is 9.59 Å². The second kappa shape index (κ2) is 11.0. The molecule has 1 saturated heterocycles. The van der Waals surface area contributed by atoms with Gasteiger partial charge in [-0.15, -0.1) is 6.58 Å². The summed E-state index contributed by atoms with van der Waals surface area (Å²) in [6.07, 6.45) is 1.52. The maximum atomic E-state index is 13.0. The van der Waals surface area contributed by atoms with Crippen LogP contribution in [0.15, 0.2) is 60.1 Å². The van der Waals surface area contributed by atoms with E-state index in [0.29, 0.717) is 11.1 Å². The molecule has 1 aliphatic heterocycles. The largest absolute Gasteiger partial charge is 0.494 e. The van der Waals surface area contributed by atoms with Gasteiger partial charge in [0.15, 0.2) is 5.17 Å². The number of ether oxygens (including phenoxy) is 1. The highest BCUT2D eigenvalue weighted by Crippen LogP contribution is 2.33. The second-order valence-electron chi connectivity index (χ2n) is 7.88. The maximum Gasteiger partial charge on any atom is 0.273 e. The average Bonchev–Trinajstić information content (AvgIpc) is 3.08. The van der Waals surface area contributed by atoms with E-state index in [1.165, 1.54) is 47.5 Å². The molecule has 0 bridgehead atoms. The first-order chi connectivity index (χ1) is 16.2. The molecule has 0 spiro atoms. The molecule has 34 heavy (non-hydrogen) atoms. The van der Waals surface area contributed by atoms with Crippen molar-refractivity contribution in [2.45, 2.75) is 31.4 Å². The average molecular weight is 483 g/mol. The minimum Gasteiger partial charge on any atom is -0.494 e. The number of thioether (sulfide) groups is 1. The molecule has 0 aliphatic carbocycles. The fourth-order valence-corrected chi connectivity index (χ4v) is 4.50. The van der Waals surface area contributed by atoms with Gasteiger partial charge in [-0.25, -0.2) is 4.99 Å². The molecule has 0 radical (unpaired) electrons. The summed E-state index contributed by atoms with van der Waals surface area (Å²) in [5.74, 6) is -0.0839. The molecule has 0 saturated carbocycles. The minimum absolute atomic E-state index is 0.0947. The number of non-ortho nitro benzene ring substituents is 1. The second-order valence-corrected chi connectivity index (χ2v) is 9.05. The van der Waals surface area contributed by atoms with Crippen molar-refractivity contribution in [1.29, 1.82) is 0 Å². The summed E-state index contributed by atoms with van der Waals surface area (Å²) < 4.78 is 5.15. The number of hydrogen-bond donors (Lipinski definition) is 1. The highest BCUT2D eigenvalue weighted by atomic mass is 32.2. The van der Waals surface area contributed by atoms with Crippen molar-refractivity contribution in [2.24, 2.45) is 4.99 Å². The van der Waals surface area contributed by atoms with E-state index in [-0.39, 0.29) is 36.0 Å². The number of nitrogens with one attached hydrogen (secondary N) is 1. The lowest BCUT2D eigenvalue weighted by Crippen LogP contribution is -2.33. The van der Waals surface area contributed by atoms with E-state index in [4.69, 9.17) is 4.74 Å². The van der Waals surface area contributed by atoms with E-state index in [0.717, 1.165) is 5.69 Å². The molecule has 2 aromatic rings. The third-order valence-electron chi connectivity index (χ3n) is 5.16. The van der Waals surface area contributed by atoms with Gasteiger partial charge in [0.2, 0.25) is 11.8 Å². The number of aliphatic imine (C=N–C) groups is 1. The fourth-order valence-electron chi connectivity index (χ4n) is 3.33. The lowest BCUT2D eigenvalue weighted by Gasteiger charge is -2.14. The molecule has 0 aromatic heterocycles. The van der Waals surface area contributed by atoms with E-state index in [1.54, 1.807) is 6.08 Å². The normalized spacial score (nSPS) is 16.7. The van der Waals surface area contributed by atoms with Crippen LogP contribution in [0, 0.1) is 10.1 Å². The molecular weight excluding hydrogens is 456 g/mol. The zero-order valence-electron chi connectivity index (χ0n) is 19.2. The number of amidine groups is 1. The van der Waals surface area contributed by atoms with Gasteiger partial charge in [-0.2, -0.15) is 0 Å². The van der Waals surface area contributed by atoms with Gasteiger partial charge < -0.3 is 10.1 Å². The van der Waals surface area contributed by atoms with E-state index in [2.05, 4.69) is 30.7 Å². The van der Waals surface area contributed by atoms with Crippen LogP contribution >= 0.6 is 11.8 Å². The van der Waals surface area contributed by atoms with Crippen LogP contribution in [0.2, 0.25) is 0 Å². The number of nitro benzene ring substituents is 1. The van der Waals surface area contributed by atoms with Crippen LogP contribution in [0.5, 0.6) is 5.75 Å². The van der Waals surface area contributed by atoms with E-state index >= 15 is 0 Å². The SMILES string of the molecule is C=CCN1C(=O)C(CC(=O)Nc2ccc([N+](=O)[O-])cc2OC)SC1=Nc1ccc(C(C)C)cc1. The number of hydrogen-bond acceptors (Lipinski definition) is 7. The molecule has 3 rings (SSSR count). The van der Waals surface area contributed by atoms with Crippen molar-refractivity contribution in [3.63, 3.8) is 0 Å². The summed E-state index contributed by atoms with van der Waals surface area (Å²) in [5.41, 5.74) is 2.04. The number of amides is 2. The number of nitrogens with zero attached hydrogens (tertiary/aromatic N) is 3. The van der Waals surface area contributed by atoms with E-state index in [9.17, 15) is 19.7 Å². The third kappa shape index (κ3) is 5.82. The monoisotopic (exact) mass is 482 g/mol. The summed E-state index contributed by atoms with van der Waals surface area (Å²) in [6.45, 7) is 8.22. The van der Waals surface area contributed by atoms with E-state index in [1.807, 2.05) is 24.3 Å². The quantitative estimate of drug-likeness (QED) is 0.310. The number of anilines is 1. The first-order valence-corrected chi connectivity index (χ1v) is 11.5. The molecule has 1 unspecified atom stereocenters.